The van der Waals surface area contributed by atoms with Crippen molar-refractivity contribution >= 4 is 44.1 Å². The topological polar surface area (TPSA) is 79.7 Å². The minimum Gasteiger partial charge on any atom is -0.507 e. The van der Waals surface area contributed by atoms with Gasteiger partial charge >= 0.3 is 5.91 Å². The van der Waals surface area contributed by atoms with Gasteiger partial charge in [-0.1, -0.05) is 67.0 Å². The second kappa shape index (κ2) is 11.0. The van der Waals surface area contributed by atoms with E-state index in [0.717, 1.165) is 51.9 Å². The maximum atomic E-state index is 13.6. The van der Waals surface area contributed by atoms with E-state index in [4.69, 9.17) is 9.72 Å². The van der Waals surface area contributed by atoms with Gasteiger partial charge in [0.25, 0.3) is 5.78 Å². The van der Waals surface area contributed by atoms with Crippen LogP contribution in [0.5, 0.6) is 5.75 Å². The average Bonchev–Trinajstić information content (AvgIpc) is 3.45. The van der Waals surface area contributed by atoms with Gasteiger partial charge in [-0.05, 0) is 74.2 Å². The first-order valence-corrected chi connectivity index (χ1v) is 14.1. The number of carbonyl (C=O) groups excluding carboxylic acids is 2. The molecule has 1 aliphatic rings. The molecule has 1 fully saturated rings. The number of aliphatic hydroxyl groups is 1. The third kappa shape index (κ3) is 5.19. The third-order valence-corrected chi connectivity index (χ3v) is 8.06. The normalized spacial score (nSPS) is 16.8. The molecule has 200 valence electrons. The molecular formula is C32H32N2O4S. The zero-order valence-corrected chi connectivity index (χ0v) is 23.5. The van der Waals surface area contributed by atoms with Crippen molar-refractivity contribution in [3.63, 3.8) is 0 Å². The van der Waals surface area contributed by atoms with Crippen LogP contribution in [-0.2, 0) is 9.59 Å². The number of amides is 1. The predicted molar refractivity (Wildman–Crippen MR) is 157 cm³/mol. The van der Waals surface area contributed by atoms with Crippen LogP contribution in [0.4, 0.5) is 5.13 Å². The number of thiazole rings is 1. The zero-order chi connectivity index (χ0) is 27.7. The van der Waals surface area contributed by atoms with Gasteiger partial charge in [-0.25, -0.2) is 4.98 Å². The summed E-state index contributed by atoms with van der Waals surface area (Å²) < 4.78 is 6.81. The van der Waals surface area contributed by atoms with Crippen molar-refractivity contribution in [2.75, 3.05) is 11.5 Å². The lowest BCUT2D eigenvalue weighted by molar-refractivity contribution is -0.132. The van der Waals surface area contributed by atoms with E-state index in [0.29, 0.717) is 22.9 Å². The SMILES string of the molecule is CCCCCOc1ccc(C2/C(=C(\O)c3cc(C)ccc3C)C(=O)C(=O)N2c2nc3ccc(C)cc3s2)cc1. The van der Waals surface area contributed by atoms with Crippen molar-refractivity contribution in [2.45, 2.75) is 53.0 Å². The highest BCUT2D eigenvalue weighted by atomic mass is 32.1. The van der Waals surface area contributed by atoms with Crippen LogP contribution >= 0.6 is 11.3 Å². The third-order valence-electron chi connectivity index (χ3n) is 7.04. The van der Waals surface area contributed by atoms with E-state index in [-0.39, 0.29) is 11.3 Å². The van der Waals surface area contributed by atoms with Crippen molar-refractivity contribution < 1.29 is 19.4 Å². The number of aliphatic hydroxyl groups excluding tert-OH is 1. The Kier molecular flexibility index (Phi) is 7.53. The van der Waals surface area contributed by atoms with Crippen LogP contribution in [0, 0.1) is 20.8 Å². The van der Waals surface area contributed by atoms with Crippen molar-refractivity contribution in [1.82, 2.24) is 4.98 Å². The molecule has 4 aromatic rings. The molecule has 39 heavy (non-hydrogen) atoms. The number of benzene rings is 3. The summed E-state index contributed by atoms with van der Waals surface area (Å²) in [5.74, 6) is -0.896. The smallest absolute Gasteiger partial charge is 0.301 e. The maximum absolute atomic E-state index is 13.6. The van der Waals surface area contributed by atoms with Crippen molar-refractivity contribution in [2.24, 2.45) is 0 Å². The Hall–Kier alpha value is -3.97. The Labute approximate surface area is 232 Å². The van der Waals surface area contributed by atoms with E-state index in [1.165, 1.54) is 16.2 Å². The van der Waals surface area contributed by atoms with Gasteiger partial charge in [0.1, 0.15) is 11.5 Å². The second-order valence-electron chi connectivity index (χ2n) is 10.1. The summed E-state index contributed by atoms with van der Waals surface area (Å²) >= 11 is 1.36. The predicted octanol–water partition coefficient (Wildman–Crippen LogP) is 7.42. The van der Waals surface area contributed by atoms with E-state index >= 15 is 0 Å². The Balaban J connectivity index is 1.63. The number of rotatable bonds is 8. The van der Waals surface area contributed by atoms with Crippen LogP contribution in [0.3, 0.4) is 0 Å². The monoisotopic (exact) mass is 540 g/mol. The Bertz CT molecular complexity index is 1590. The summed E-state index contributed by atoms with van der Waals surface area (Å²) in [5.41, 5.74) is 4.88. The largest absolute Gasteiger partial charge is 0.507 e. The fourth-order valence-corrected chi connectivity index (χ4v) is 5.98. The summed E-state index contributed by atoms with van der Waals surface area (Å²) in [6, 6.07) is 18.2. The summed E-state index contributed by atoms with van der Waals surface area (Å²) in [6.45, 7) is 8.58. The molecule has 0 spiro atoms. The number of carbonyl (C=O) groups is 2. The highest BCUT2D eigenvalue weighted by Crippen LogP contribution is 2.45. The van der Waals surface area contributed by atoms with E-state index in [9.17, 15) is 14.7 Å². The fraction of sp³-hybridized carbons (Fsp3) is 0.281. The van der Waals surface area contributed by atoms with Crippen LogP contribution in [0.1, 0.15) is 60.0 Å². The van der Waals surface area contributed by atoms with Crippen LogP contribution in [0.15, 0.2) is 66.2 Å². The van der Waals surface area contributed by atoms with Gasteiger partial charge in [0.15, 0.2) is 5.13 Å². The van der Waals surface area contributed by atoms with Crippen LogP contribution in [0.25, 0.3) is 16.0 Å². The first-order valence-electron chi connectivity index (χ1n) is 13.3. The van der Waals surface area contributed by atoms with Crippen LogP contribution in [0.2, 0.25) is 0 Å². The Morgan fingerprint density at radius 1 is 0.974 bits per heavy atom. The minimum atomic E-state index is -0.833. The Morgan fingerprint density at radius 3 is 2.44 bits per heavy atom. The lowest BCUT2D eigenvalue weighted by Crippen LogP contribution is -2.29. The fourth-order valence-electron chi connectivity index (χ4n) is 4.89. The summed E-state index contributed by atoms with van der Waals surface area (Å²) in [5, 5.41) is 12.0. The van der Waals surface area contributed by atoms with Gasteiger partial charge in [0.2, 0.25) is 0 Å². The first-order chi connectivity index (χ1) is 18.8. The molecule has 1 aliphatic heterocycles. The van der Waals surface area contributed by atoms with Gasteiger partial charge in [-0.2, -0.15) is 0 Å². The number of unbranched alkanes of at least 4 members (excludes halogenated alkanes) is 2. The summed E-state index contributed by atoms with van der Waals surface area (Å²) in [7, 11) is 0. The Morgan fingerprint density at radius 2 is 1.69 bits per heavy atom. The lowest BCUT2D eigenvalue weighted by Gasteiger charge is -2.23. The first kappa shape index (κ1) is 26.6. The molecule has 1 N–H and O–H groups in total. The number of aryl methyl sites for hydroxylation is 3. The van der Waals surface area contributed by atoms with E-state index in [1.54, 1.807) is 0 Å². The molecule has 1 atom stereocenters. The standard InChI is InChI=1S/C32H32N2O4S/c1-5-6-7-16-38-23-13-11-22(12-14-23)28-27(29(35)24-17-19(2)8-10-21(24)4)30(36)31(37)34(28)32-33-25-15-9-20(3)18-26(25)39-32/h8-15,17-18,28,35H,5-7,16H2,1-4H3/b29-27+. The van der Waals surface area contributed by atoms with Gasteiger partial charge in [-0.3, -0.25) is 14.5 Å². The summed E-state index contributed by atoms with van der Waals surface area (Å²) in [4.78, 5) is 33.3. The number of aromatic nitrogens is 1. The van der Waals surface area contributed by atoms with E-state index < -0.39 is 17.7 Å². The maximum Gasteiger partial charge on any atom is 0.301 e. The van der Waals surface area contributed by atoms with E-state index in [2.05, 4.69) is 6.92 Å². The number of ether oxygens (including phenoxy) is 1. The van der Waals surface area contributed by atoms with Crippen molar-refractivity contribution in [3.05, 3.63) is 94.1 Å². The molecule has 5 rings (SSSR count). The molecule has 0 radical (unpaired) electrons. The number of ketones is 1. The van der Waals surface area contributed by atoms with Gasteiger partial charge in [0.05, 0.1) is 28.4 Å². The van der Waals surface area contributed by atoms with Gasteiger partial charge < -0.3 is 9.84 Å². The summed E-state index contributed by atoms with van der Waals surface area (Å²) in [6.07, 6.45) is 3.20. The number of anilines is 1. The van der Waals surface area contributed by atoms with Crippen molar-refractivity contribution in [3.8, 4) is 5.75 Å². The number of fused-ring (bicyclic) bond motifs is 1. The molecule has 0 saturated carbocycles. The number of Topliss-reactive ketones (excluding diaryl/α,β-unsaturated/α-hetero) is 1. The zero-order valence-electron chi connectivity index (χ0n) is 22.7. The lowest BCUT2D eigenvalue weighted by atomic mass is 9.93. The number of nitrogens with zero attached hydrogens (tertiary/aromatic N) is 2. The molecular weight excluding hydrogens is 508 g/mol. The highest BCUT2D eigenvalue weighted by molar-refractivity contribution is 7.22. The van der Waals surface area contributed by atoms with Gasteiger partial charge in [-0.15, -0.1) is 0 Å². The van der Waals surface area contributed by atoms with Gasteiger partial charge in [0, 0.05) is 5.56 Å². The number of hydrogen-bond donors (Lipinski definition) is 1. The molecule has 2 heterocycles. The molecule has 6 nitrogen and oxygen atoms in total. The highest BCUT2D eigenvalue weighted by Gasteiger charge is 2.48. The van der Waals surface area contributed by atoms with Crippen molar-refractivity contribution in [1.29, 1.82) is 0 Å². The molecule has 1 amide bonds. The van der Waals surface area contributed by atoms with Crippen LogP contribution in [-0.4, -0.2) is 28.4 Å². The minimum absolute atomic E-state index is 0.0563. The number of hydrogen-bond acceptors (Lipinski definition) is 6. The quantitative estimate of drug-likeness (QED) is 0.109. The molecule has 3 aromatic carbocycles. The second-order valence-corrected chi connectivity index (χ2v) is 11.1. The molecule has 0 bridgehead atoms. The molecule has 0 aliphatic carbocycles. The molecule has 1 unspecified atom stereocenters. The molecule has 1 saturated heterocycles. The average molecular weight is 541 g/mol. The molecule has 1 aromatic heterocycles. The van der Waals surface area contributed by atoms with E-state index in [1.807, 2.05) is 81.4 Å². The molecule has 7 heteroatoms. The van der Waals surface area contributed by atoms with Crippen LogP contribution < -0.4 is 9.64 Å².